The molecule has 2 heterocycles. The van der Waals surface area contributed by atoms with Crippen molar-refractivity contribution in [2.45, 2.75) is 51.0 Å². The molecule has 40 heavy (non-hydrogen) atoms. The molecule has 0 atom stereocenters. The predicted octanol–water partition coefficient (Wildman–Crippen LogP) is 7.98. The second kappa shape index (κ2) is 13.5. The van der Waals surface area contributed by atoms with Crippen molar-refractivity contribution >= 4 is 85.9 Å². The summed E-state index contributed by atoms with van der Waals surface area (Å²) in [6.45, 7) is 0.185. The average Bonchev–Trinajstić information content (AvgIpc) is 3.49. The molecule has 1 aromatic heterocycles. The summed E-state index contributed by atoms with van der Waals surface area (Å²) in [4.78, 5) is 33.1. The zero-order valence-electron chi connectivity index (χ0n) is 21.5. The van der Waals surface area contributed by atoms with E-state index in [1.54, 1.807) is 12.3 Å². The molecule has 0 unspecified atom stereocenters. The molecular weight excluding hydrogens is 605 g/mol. The van der Waals surface area contributed by atoms with E-state index in [-0.39, 0.29) is 30.9 Å². The number of ether oxygens (including phenoxy) is 1. The Morgan fingerprint density at radius 3 is 2.77 bits per heavy atom. The minimum Gasteiger partial charge on any atom is -0.490 e. The van der Waals surface area contributed by atoms with Crippen LogP contribution >= 0.6 is 58.5 Å². The van der Waals surface area contributed by atoms with Crippen molar-refractivity contribution in [3.63, 3.8) is 0 Å². The Balaban J connectivity index is 1.16. The van der Waals surface area contributed by atoms with E-state index in [4.69, 9.17) is 40.2 Å². The summed E-state index contributed by atoms with van der Waals surface area (Å²) in [6, 6.07) is 13.3. The van der Waals surface area contributed by atoms with Gasteiger partial charge in [-0.3, -0.25) is 14.5 Å². The minimum atomic E-state index is -0.244. The number of para-hydroxylation sites is 1. The van der Waals surface area contributed by atoms with Crippen LogP contribution in [-0.4, -0.2) is 38.7 Å². The first-order valence-electron chi connectivity index (χ1n) is 13.1. The molecule has 3 aromatic rings. The SMILES string of the molecule is O=C(CCN1C(=O)/C(=C/c2ccccc2OC2CCCCC2)SC1=S)Nc1ncc(Cc2cccc(Cl)c2Cl)s1. The van der Waals surface area contributed by atoms with Crippen molar-refractivity contribution in [2.24, 2.45) is 0 Å². The van der Waals surface area contributed by atoms with Crippen LogP contribution in [0.15, 0.2) is 53.6 Å². The van der Waals surface area contributed by atoms with E-state index in [0.717, 1.165) is 34.6 Å². The van der Waals surface area contributed by atoms with Gasteiger partial charge in [-0.2, -0.15) is 0 Å². The third-order valence-corrected chi connectivity index (χ3v) is 9.83. The van der Waals surface area contributed by atoms with E-state index in [1.807, 2.05) is 42.5 Å². The quantitative estimate of drug-likeness (QED) is 0.191. The maximum Gasteiger partial charge on any atom is 0.266 e. The highest BCUT2D eigenvalue weighted by atomic mass is 35.5. The zero-order chi connectivity index (χ0) is 28.1. The lowest BCUT2D eigenvalue weighted by atomic mass is 9.97. The number of nitrogens with one attached hydrogen (secondary N) is 1. The molecule has 208 valence electrons. The second-order valence-electron chi connectivity index (χ2n) is 9.57. The number of nitrogens with zero attached hydrogens (tertiary/aromatic N) is 2. The molecular formula is C29H27Cl2N3O3S3. The molecule has 5 rings (SSSR count). The fraction of sp³-hybridized carbons (Fsp3) is 0.310. The Bertz CT molecular complexity index is 1450. The summed E-state index contributed by atoms with van der Waals surface area (Å²) in [5.41, 5.74) is 1.74. The number of halogens is 2. The minimum absolute atomic E-state index is 0.0934. The largest absolute Gasteiger partial charge is 0.490 e. The second-order valence-corrected chi connectivity index (χ2v) is 13.1. The number of carbonyl (C=O) groups excluding carboxylic acids is 2. The standard InChI is InChI=1S/C29H27Cl2N3O3S3/c30-22-11-6-8-19(26(22)31)15-21-17-32-28(39-21)33-25(35)13-14-34-27(36)24(40-29(34)38)16-18-7-4-5-12-23(18)37-20-9-2-1-3-10-20/h4-8,11-12,16-17,20H,1-3,9-10,13-15H2,(H,32,33,35)/b24-16-. The van der Waals surface area contributed by atoms with Gasteiger partial charge in [0.1, 0.15) is 10.1 Å². The van der Waals surface area contributed by atoms with Crippen LogP contribution in [-0.2, 0) is 16.0 Å². The highest BCUT2D eigenvalue weighted by molar-refractivity contribution is 8.26. The van der Waals surface area contributed by atoms with Gasteiger partial charge in [-0.25, -0.2) is 4.98 Å². The van der Waals surface area contributed by atoms with Crippen molar-refractivity contribution in [3.8, 4) is 5.75 Å². The molecule has 1 N–H and O–H groups in total. The van der Waals surface area contributed by atoms with Crippen LogP contribution in [0.2, 0.25) is 10.0 Å². The van der Waals surface area contributed by atoms with Gasteiger partial charge in [-0.15, -0.1) is 11.3 Å². The monoisotopic (exact) mass is 631 g/mol. The van der Waals surface area contributed by atoms with Gasteiger partial charge in [0, 0.05) is 36.0 Å². The lowest BCUT2D eigenvalue weighted by Crippen LogP contribution is -2.31. The third kappa shape index (κ3) is 7.25. The van der Waals surface area contributed by atoms with Gasteiger partial charge in [-0.05, 0) is 49.5 Å². The van der Waals surface area contributed by atoms with Gasteiger partial charge >= 0.3 is 0 Å². The van der Waals surface area contributed by atoms with Crippen LogP contribution < -0.4 is 10.1 Å². The number of amides is 2. The fourth-order valence-corrected chi connectivity index (χ4v) is 7.16. The number of rotatable bonds is 9. The lowest BCUT2D eigenvalue weighted by Gasteiger charge is -2.23. The molecule has 0 bridgehead atoms. The molecule has 0 spiro atoms. The summed E-state index contributed by atoms with van der Waals surface area (Å²) in [7, 11) is 0. The van der Waals surface area contributed by atoms with Gasteiger partial charge in [0.25, 0.3) is 5.91 Å². The summed E-state index contributed by atoms with van der Waals surface area (Å²) >= 11 is 20.5. The number of hydrogen-bond acceptors (Lipinski definition) is 7. The third-order valence-electron chi connectivity index (χ3n) is 6.68. The first-order valence-corrected chi connectivity index (χ1v) is 15.9. The van der Waals surface area contributed by atoms with Crippen molar-refractivity contribution in [1.29, 1.82) is 0 Å². The maximum absolute atomic E-state index is 13.2. The van der Waals surface area contributed by atoms with E-state index in [9.17, 15) is 9.59 Å². The summed E-state index contributed by atoms with van der Waals surface area (Å²) in [5, 5.41) is 4.31. The topological polar surface area (TPSA) is 71.5 Å². The molecule has 2 fully saturated rings. The highest BCUT2D eigenvalue weighted by Crippen LogP contribution is 2.35. The Labute approximate surface area is 257 Å². The van der Waals surface area contributed by atoms with Gasteiger partial charge in [-0.1, -0.05) is 83.9 Å². The molecule has 11 heteroatoms. The van der Waals surface area contributed by atoms with E-state index in [0.29, 0.717) is 30.8 Å². The van der Waals surface area contributed by atoms with Crippen LogP contribution in [0.1, 0.15) is 54.5 Å². The predicted molar refractivity (Wildman–Crippen MR) is 168 cm³/mol. The van der Waals surface area contributed by atoms with Crippen molar-refractivity contribution < 1.29 is 14.3 Å². The number of hydrogen-bond donors (Lipinski definition) is 1. The van der Waals surface area contributed by atoms with Crippen LogP contribution in [0.4, 0.5) is 5.13 Å². The lowest BCUT2D eigenvalue weighted by molar-refractivity contribution is -0.122. The number of thiocarbonyl (C=S) groups is 1. The van der Waals surface area contributed by atoms with E-state index < -0.39 is 0 Å². The van der Waals surface area contributed by atoms with Gasteiger partial charge in [0.2, 0.25) is 5.91 Å². The summed E-state index contributed by atoms with van der Waals surface area (Å²) < 4.78 is 6.72. The Hall–Kier alpha value is -2.43. The maximum atomic E-state index is 13.2. The molecule has 2 amide bonds. The molecule has 2 aliphatic rings. The Kier molecular flexibility index (Phi) is 9.80. The molecule has 1 aliphatic carbocycles. The van der Waals surface area contributed by atoms with E-state index >= 15 is 0 Å². The van der Waals surface area contributed by atoms with E-state index in [2.05, 4.69) is 10.3 Å². The molecule has 1 aliphatic heterocycles. The van der Waals surface area contributed by atoms with Crippen molar-refractivity contribution in [1.82, 2.24) is 9.88 Å². The van der Waals surface area contributed by atoms with Crippen LogP contribution in [0.25, 0.3) is 6.08 Å². The normalized spacial score (nSPS) is 17.1. The average molecular weight is 633 g/mol. The Morgan fingerprint density at radius 1 is 1.15 bits per heavy atom. The first kappa shape index (κ1) is 29.1. The van der Waals surface area contributed by atoms with Gasteiger partial charge in [0.15, 0.2) is 5.13 Å². The first-order chi connectivity index (χ1) is 19.4. The Morgan fingerprint density at radius 2 is 1.95 bits per heavy atom. The number of carbonyl (C=O) groups is 2. The molecule has 0 radical (unpaired) electrons. The highest BCUT2D eigenvalue weighted by Gasteiger charge is 2.32. The zero-order valence-corrected chi connectivity index (χ0v) is 25.5. The van der Waals surface area contributed by atoms with Crippen molar-refractivity contribution in [2.75, 3.05) is 11.9 Å². The summed E-state index contributed by atoms with van der Waals surface area (Å²) in [6.07, 6.45) is 10.1. The molecule has 6 nitrogen and oxygen atoms in total. The number of thioether (sulfide) groups is 1. The van der Waals surface area contributed by atoms with Gasteiger partial charge in [0.05, 0.1) is 21.1 Å². The van der Waals surface area contributed by atoms with E-state index in [1.165, 1.54) is 47.3 Å². The fourth-order valence-electron chi connectivity index (χ4n) is 4.62. The van der Waals surface area contributed by atoms with Crippen LogP contribution in [0.5, 0.6) is 5.75 Å². The molecule has 1 saturated carbocycles. The smallest absolute Gasteiger partial charge is 0.266 e. The van der Waals surface area contributed by atoms with Crippen LogP contribution in [0, 0.1) is 0 Å². The van der Waals surface area contributed by atoms with Gasteiger partial charge < -0.3 is 10.1 Å². The summed E-state index contributed by atoms with van der Waals surface area (Å²) in [5.74, 6) is 0.329. The van der Waals surface area contributed by atoms with Crippen LogP contribution in [0.3, 0.4) is 0 Å². The molecule has 1 saturated heterocycles. The number of aromatic nitrogens is 1. The van der Waals surface area contributed by atoms with Crippen molar-refractivity contribution in [3.05, 3.63) is 79.6 Å². The number of thiazole rings is 1. The number of benzene rings is 2. The number of anilines is 1. The molecule has 2 aromatic carbocycles.